The molecule has 1 aromatic carbocycles. The molecule has 1 aromatic heterocycles. The van der Waals surface area contributed by atoms with E-state index in [1.54, 1.807) is 11.3 Å². The molecule has 1 amide bonds. The zero-order chi connectivity index (χ0) is 19.7. The average Bonchev–Trinajstić information content (AvgIpc) is 3.32. The van der Waals surface area contributed by atoms with E-state index in [4.69, 9.17) is 4.74 Å². The van der Waals surface area contributed by atoms with Crippen LogP contribution in [0.4, 0.5) is 5.13 Å². The number of aryl methyl sites for hydroxylation is 1. The van der Waals surface area contributed by atoms with Gasteiger partial charge in [-0.25, -0.2) is 4.98 Å². The van der Waals surface area contributed by atoms with Crippen molar-refractivity contribution >= 4 is 22.4 Å². The fraction of sp³-hybridized carbons (Fsp3) is 0.524. The molecule has 1 aliphatic carbocycles. The molecular formula is C21H27N3O3S. The van der Waals surface area contributed by atoms with E-state index in [0.717, 1.165) is 47.9 Å². The van der Waals surface area contributed by atoms with Crippen LogP contribution in [0.25, 0.3) is 0 Å². The van der Waals surface area contributed by atoms with Crippen LogP contribution in [-0.2, 0) is 4.79 Å². The number of amides is 1. The summed E-state index contributed by atoms with van der Waals surface area (Å²) in [5.41, 5.74) is 2.18. The van der Waals surface area contributed by atoms with Gasteiger partial charge in [-0.2, -0.15) is 0 Å². The number of rotatable bonds is 5. The van der Waals surface area contributed by atoms with Crippen molar-refractivity contribution in [3.63, 3.8) is 0 Å². The zero-order valence-corrected chi connectivity index (χ0v) is 17.1. The van der Waals surface area contributed by atoms with Crippen molar-refractivity contribution in [2.24, 2.45) is 11.8 Å². The van der Waals surface area contributed by atoms with Crippen molar-refractivity contribution in [3.05, 3.63) is 40.9 Å². The first kappa shape index (κ1) is 19.2. The van der Waals surface area contributed by atoms with Gasteiger partial charge in [-0.1, -0.05) is 12.1 Å². The summed E-state index contributed by atoms with van der Waals surface area (Å²) in [7, 11) is 0. The fourth-order valence-corrected chi connectivity index (χ4v) is 5.05. The number of ether oxygens (including phenoxy) is 1. The molecule has 4 rings (SSSR count). The quantitative estimate of drug-likeness (QED) is 0.805. The second-order valence-corrected chi connectivity index (χ2v) is 8.81. The van der Waals surface area contributed by atoms with E-state index in [1.165, 1.54) is 0 Å². The van der Waals surface area contributed by atoms with Crippen LogP contribution in [0.1, 0.15) is 24.0 Å². The summed E-state index contributed by atoms with van der Waals surface area (Å²) in [6.07, 6.45) is 2.83. The van der Waals surface area contributed by atoms with E-state index in [1.807, 2.05) is 43.6 Å². The Bertz CT molecular complexity index is 826. The van der Waals surface area contributed by atoms with Gasteiger partial charge in [-0.3, -0.25) is 4.79 Å². The maximum Gasteiger partial charge on any atom is 0.258 e. The van der Waals surface area contributed by atoms with Crippen molar-refractivity contribution in [1.29, 1.82) is 0 Å². The lowest BCUT2D eigenvalue weighted by molar-refractivity contribution is -0.125. The Morgan fingerprint density at radius 1 is 1.32 bits per heavy atom. The molecule has 0 bridgehead atoms. The highest BCUT2D eigenvalue weighted by atomic mass is 32.1. The largest absolute Gasteiger partial charge is 0.483 e. The molecule has 2 fully saturated rings. The van der Waals surface area contributed by atoms with E-state index in [0.29, 0.717) is 11.8 Å². The number of hydrogen-bond acceptors (Lipinski definition) is 6. The monoisotopic (exact) mass is 401 g/mol. The molecule has 0 radical (unpaired) electrons. The van der Waals surface area contributed by atoms with E-state index in [9.17, 15) is 9.90 Å². The highest BCUT2D eigenvalue weighted by Gasteiger charge is 2.42. The lowest BCUT2D eigenvalue weighted by Gasteiger charge is -2.35. The Kier molecular flexibility index (Phi) is 5.55. The molecule has 4 atom stereocenters. The third-order valence-corrected chi connectivity index (χ3v) is 6.92. The summed E-state index contributed by atoms with van der Waals surface area (Å²) in [6, 6.07) is 5.61. The van der Waals surface area contributed by atoms with E-state index < -0.39 is 6.10 Å². The predicted octanol–water partition coefficient (Wildman–Crippen LogP) is 2.53. The van der Waals surface area contributed by atoms with Gasteiger partial charge in [-0.05, 0) is 55.7 Å². The molecule has 150 valence electrons. The first-order chi connectivity index (χ1) is 13.5. The Balaban J connectivity index is 1.31. The molecule has 6 nitrogen and oxygen atoms in total. The second-order valence-electron chi connectivity index (χ2n) is 7.94. The topological polar surface area (TPSA) is 74.7 Å². The smallest absolute Gasteiger partial charge is 0.258 e. The van der Waals surface area contributed by atoms with Gasteiger partial charge in [0.1, 0.15) is 5.75 Å². The number of aromatic nitrogens is 1. The number of hydrogen-bond donors (Lipinski definition) is 2. The summed E-state index contributed by atoms with van der Waals surface area (Å²) in [4.78, 5) is 19.1. The number of nitrogens with zero attached hydrogens (tertiary/aromatic N) is 2. The fourth-order valence-electron chi connectivity index (χ4n) is 4.39. The Morgan fingerprint density at radius 3 is 2.86 bits per heavy atom. The summed E-state index contributed by atoms with van der Waals surface area (Å²) in [5.74, 6) is 1.48. The number of carbonyl (C=O) groups excluding carboxylic acids is 1. The minimum absolute atomic E-state index is 0.0349. The van der Waals surface area contributed by atoms with Crippen LogP contribution in [-0.4, -0.2) is 47.8 Å². The zero-order valence-electron chi connectivity index (χ0n) is 16.3. The molecule has 28 heavy (non-hydrogen) atoms. The molecule has 7 heteroatoms. The molecule has 0 spiro atoms. The first-order valence-corrected chi connectivity index (χ1v) is 10.7. The van der Waals surface area contributed by atoms with Gasteiger partial charge >= 0.3 is 0 Å². The van der Waals surface area contributed by atoms with Gasteiger partial charge in [0.25, 0.3) is 5.91 Å². The molecule has 2 aliphatic rings. The van der Waals surface area contributed by atoms with Crippen molar-refractivity contribution in [2.45, 2.75) is 38.8 Å². The van der Waals surface area contributed by atoms with Gasteiger partial charge in [0.05, 0.1) is 12.1 Å². The van der Waals surface area contributed by atoms with Gasteiger partial charge in [0.2, 0.25) is 0 Å². The van der Waals surface area contributed by atoms with Crippen LogP contribution in [0.15, 0.2) is 29.8 Å². The number of aliphatic hydroxyl groups is 1. The third-order valence-electron chi connectivity index (χ3n) is 6.09. The van der Waals surface area contributed by atoms with Gasteiger partial charge in [0.15, 0.2) is 11.7 Å². The number of carbonyl (C=O) groups is 1. The first-order valence-electron chi connectivity index (χ1n) is 9.82. The number of benzene rings is 1. The molecule has 2 heterocycles. The maximum atomic E-state index is 12.4. The number of aliphatic hydroxyl groups excluding tert-OH is 1. The summed E-state index contributed by atoms with van der Waals surface area (Å²) >= 11 is 1.65. The third kappa shape index (κ3) is 4.00. The van der Waals surface area contributed by atoms with Crippen LogP contribution in [0.2, 0.25) is 0 Å². The number of fused-ring (bicyclic) bond motifs is 1. The Hall–Kier alpha value is -2.12. The molecule has 1 saturated carbocycles. The Labute approximate surface area is 169 Å². The summed E-state index contributed by atoms with van der Waals surface area (Å²) < 4.78 is 5.70. The summed E-state index contributed by atoms with van der Waals surface area (Å²) in [5, 5.41) is 16.6. The number of nitrogens with one attached hydrogen (secondary N) is 1. The molecule has 1 aliphatic heterocycles. The van der Waals surface area contributed by atoms with E-state index >= 15 is 0 Å². The number of thiazole rings is 1. The molecule has 1 saturated heterocycles. The number of anilines is 1. The van der Waals surface area contributed by atoms with Crippen LogP contribution in [0.5, 0.6) is 5.75 Å². The normalized spacial score (nSPS) is 26.8. The van der Waals surface area contributed by atoms with Crippen molar-refractivity contribution < 1.29 is 14.6 Å². The highest BCUT2D eigenvalue weighted by Crippen LogP contribution is 2.38. The highest BCUT2D eigenvalue weighted by molar-refractivity contribution is 7.13. The minimum atomic E-state index is -0.512. The SMILES string of the molecule is Cc1cccc(OCC(=O)N[C@H]2C[C@H]3CN(c4nccs4)C[C@H]3C[C@@H]2O)c1C. The van der Waals surface area contributed by atoms with Crippen LogP contribution in [0.3, 0.4) is 0 Å². The van der Waals surface area contributed by atoms with Crippen LogP contribution < -0.4 is 15.0 Å². The van der Waals surface area contributed by atoms with Crippen molar-refractivity contribution in [2.75, 3.05) is 24.6 Å². The summed E-state index contributed by atoms with van der Waals surface area (Å²) in [6.45, 7) is 5.85. The lowest BCUT2D eigenvalue weighted by Crippen LogP contribution is -2.50. The van der Waals surface area contributed by atoms with E-state index in [-0.39, 0.29) is 18.6 Å². The van der Waals surface area contributed by atoms with Gasteiger partial charge in [-0.15, -0.1) is 11.3 Å². The standard InChI is InChI=1S/C21H27N3O3S/c1-13-4-3-5-19(14(13)2)27-12-20(26)23-17-8-15-10-24(21-22-6-7-28-21)11-16(15)9-18(17)25/h3-7,15-18,25H,8-12H2,1-2H3,(H,23,26)/t15-,16+,17-,18-/m0/s1. The maximum absolute atomic E-state index is 12.4. The Morgan fingerprint density at radius 2 is 2.11 bits per heavy atom. The lowest BCUT2D eigenvalue weighted by atomic mass is 9.77. The van der Waals surface area contributed by atoms with Gasteiger partial charge in [0, 0.05) is 24.7 Å². The average molecular weight is 402 g/mol. The second kappa shape index (κ2) is 8.09. The van der Waals surface area contributed by atoms with Gasteiger partial charge < -0.3 is 20.1 Å². The van der Waals surface area contributed by atoms with Crippen LogP contribution >= 0.6 is 11.3 Å². The molecule has 0 unspecified atom stereocenters. The van der Waals surface area contributed by atoms with Crippen molar-refractivity contribution in [1.82, 2.24) is 10.3 Å². The van der Waals surface area contributed by atoms with Crippen molar-refractivity contribution in [3.8, 4) is 5.75 Å². The van der Waals surface area contributed by atoms with E-state index in [2.05, 4.69) is 15.2 Å². The molecular weight excluding hydrogens is 374 g/mol. The molecule has 2 N–H and O–H groups in total. The van der Waals surface area contributed by atoms with Crippen LogP contribution in [0, 0.1) is 25.7 Å². The predicted molar refractivity (Wildman–Crippen MR) is 110 cm³/mol. The molecule has 2 aromatic rings. The minimum Gasteiger partial charge on any atom is -0.483 e.